The smallest absolute Gasteiger partial charge is 0.0697 e. The number of hydrogen-bond acceptors (Lipinski definition) is 2. The zero-order valence-corrected chi connectivity index (χ0v) is 9.20. The summed E-state index contributed by atoms with van der Waals surface area (Å²) in [6.45, 7) is 2.87. The van der Waals surface area contributed by atoms with Crippen LogP contribution < -0.4 is 5.73 Å². The lowest BCUT2D eigenvalue weighted by molar-refractivity contribution is 0.667. The minimum absolute atomic E-state index is 0.658. The minimum Gasteiger partial charge on any atom is -0.399 e. The van der Waals surface area contributed by atoms with Gasteiger partial charge in [-0.2, -0.15) is 5.10 Å². The molecule has 0 aliphatic heterocycles. The fourth-order valence-corrected chi connectivity index (χ4v) is 1.84. The van der Waals surface area contributed by atoms with E-state index in [1.807, 2.05) is 29.8 Å². The van der Waals surface area contributed by atoms with E-state index in [9.17, 15) is 0 Å². The van der Waals surface area contributed by atoms with Crippen molar-refractivity contribution in [2.75, 3.05) is 5.73 Å². The van der Waals surface area contributed by atoms with Gasteiger partial charge in [0.1, 0.15) is 0 Å². The molecular formula is C11H12ClN3. The molecule has 0 fully saturated rings. The van der Waals surface area contributed by atoms with Gasteiger partial charge in [0.2, 0.25) is 0 Å². The Kier molecular flexibility index (Phi) is 2.64. The number of halogens is 1. The fourth-order valence-electron chi connectivity index (χ4n) is 1.55. The molecule has 0 radical (unpaired) electrons. The van der Waals surface area contributed by atoms with Crippen LogP contribution in [0, 0.1) is 0 Å². The summed E-state index contributed by atoms with van der Waals surface area (Å²) in [6, 6.07) is 7.46. The van der Waals surface area contributed by atoms with Crippen molar-refractivity contribution in [3.05, 3.63) is 35.5 Å². The number of nitrogens with two attached hydrogens (primary N) is 1. The Bertz CT molecular complexity index is 476. The number of hydrogen-bond donors (Lipinski definition) is 1. The summed E-state index contributed by atoms with van der Waals surface area (Å²) in [4.78, 5) is 0. The van der Waals surface area contributed by atoms with Crippen LogP contribution >= 0.6 is 11.6 Å². The van der Waals surface area contributed by atoms with Crippen LogP contribution in [-0.4, -0.2) is 9.78 Å². The van der Waals surface area contributed by atoms with Crippen LogP contribution in [0.3, 0.4) is 0 Å². The van der Waals surface area contributed by atoms with Crippen molar-refractivity contribution >= 4 is 17.3 Å². The highest BCUT2D eigenvalue weighted by molar-refractivity contribution is 6.33. The number of aryl methyl sites for hydroxylation is 1. The predicted molar refractivity (Wildman–Crippen MR) is 62.8 cm³/mol. The molecule has 0 bridgehead atoms. The highest BCUT2D eigenvalue weighted by Crippen LogP contribution is 2.29. The van der Waals surface area contributed by atoms with Crippen LogP contribution in [0.5, 0.6) is 0 Å². The number of aromatic nitrogens is 2. The molecule has 2 N–H and O–H groups in total. The van der Waals surface area contributed by atoms with Gasteiger partial charge in [0.25, 0.3) is 0 Å². The summed E-state index contributed by atoms with van der Waals surface area (Å²) in [5.41, 5.74) is 8.30. The Morgan fingerprint density at radius 3 is 2.87 bits per heavy atom. The molecule has 3 nitrogen and oxygen atoms in total. The van der Waals surface area contributed by atoms with Crippen molar-refractivity contribution in [3.8, 4) is 11.3 Å². The van der Waals surface area contributed by atoms with Gasteiger partial charge in [0, 0.05) is 24.0 Å². The minimum atomic E-state index is 0.658. The molecule has 2 rings (SSSR count). The topological polar surface area (TPSA) is 43.8 Å². The lowest BCUT2D eigenvalue weighted by atomic mass is 10.1. The van der Waals surface area contributed by atoms with Gasteiger partial charge in [0.15, 0.2) is 0 Å². The van der Waals surface area contributed by atoms with Crippen molar-refractivity contribution in [2.45, 2.75) is 13.5 Å². The second kappa shape index (κ2) is 3.95. The number of rotatable bonds is 2. The first kappa shape index (κ1) is 10.1. The Hall–Kier alpha value is -1.48. The van der Waals surface area contributed by atoms with Gasteiger partial charge in [-0.15, -0.1) is 0 Å². The largest absolute Gasteiger partial charge is 0.399 e. The molecule has 1 aromatic heterocycles. The summed E-state index contributed by atoms with van der Waals surface area (Å²) in [7, 11) is 0. The van der Waals surface area contributed by atoms with Crippen molar-refractivity contribution in [2.24, 2.45) is 0 Å². The third-order valence-electron chi connectivity index (χ3n) is 2.29. The average Bonchev–Trinajstić information content (AvgIpc) is 2.65. The van der Waals surface area contributed by atoms with Gasteiger partial charge in [-0.25, -0.2) is 0 Å². The summed E-state index contributed by atoms with van der Waals surface area (Å²) >= 11 is 6.13. The zero-order valence-electron chi connectivity index (χ0n) is 8.44. The van der Waals surface area contributed by atoms with E-state index in [0.717, 1.165) is 17.8 Å². The molecular weight excluding hydrogens is 210 g/mol. The first-order valence-corrected chi connectivity index (χ1v) is 5.17. The van der Waals surface area contributed by atoms with E-state index in [2.05, 4.69) is 5.10 Å². The Morgan fingerprint density at radius 1 is 1.40 bits per heavy atom. The number of benzene rings is 1. The van der Waals surface area contributed by atoms with Crippen molar-refractivity contribution in [3.63, 3.8) is 0 Å². The Balaban J connectivity index is 2.54. The molecule has 0 aliphatic rings. The maximum atomic E-state index is 6.13. The second-order valence-electron chi connectivity index (χ2n) is 3.27. The van der Waals surface area contributed by atoms with Crippen LogP contribution in [0.1, 0.15) is 6.92 Å². The Labute approximate surface area is 93.5 Å². The lowest BCUT2D eigenvalue weighted by Crippen LogP contribution is -1.99. The van der Waals surface area contributed by atoms with Gasteiger partial charge in [0.05, 0.1) is 10.7 Å². The molecule has 1 heterocycles. The molecule has 0 spiro atoms. The zero-order chi connectivity index (χ0) is 10.8. The van der Waals surface area contributed by atoms with Gasteiger partial charge in [-0.1, -0.05) is 11.6 Å². The average molecular weight is 222 g/mol. The molecule has 78 valence electrons. The van der Waals surface area contributed by atoms with Crippen molar-refractivity contribution in [1.82, 2.24) is 9.78 Å². The van der Waals surface area contributed by atoms with Crippen LogP contribution in [0.25, 0.3) is 11.3 Å². The lowest BCUT2D eigenvalue weighted by Gasteiger charge is -2.07. The van der Waals surface area contributed by atoms with E-state index >= 15 is 0 Å². The highest BCUT2D eigenvalue weighted by atomic mass is 35.5. The maximum absolute atomic E-state index is 6.13. The van der Waals surface area contributed by atoms with Gasteiger partial charge < -0.3 is 5.73 Å². The van der Waals surface area contributed by atoms with E-state index in [1.54, 1.807) is 12.3 Å². The molecule has 15 heavy (non-hydrogen) atoms. The highest BCUT2D eigenvalue weighted by Gasteiger charge is 2.08. The van der Waals surface area contributed by atoms with E-state index in [0.29, 0.717) is 10.7 Å². The number of nitrogens with zero attached hydrogens (tertiary/aromatic N) is 2. The summed E-state index contributed by atoms with van der Waals surface area (Å²) in [6.07, 6.45) is 1.77. The predicted octanol–water partition coefficient (Wildman–Crippen LogP) is 2.81. The van der Waals surface area contributed by atoms with Crippen molar-refractivity contribution in [1.29, 1.82) is 0 Å². The van der Waals surface area contributed by atoms with Gasteiger partial charge in [-0.3, -0.25) is 4.68 Å². The van der Waals surface area contributed by atoms with Gasteiger partial charge >= 0.3 is 0 Å². The summed E-state index contributed by atoms with van der Waals surface area (Å²) in [5, 5.41) is 4.86. The molecule has 2 aromatic rings. The number of nitrogen functional groups attached to an aromatic ring is 1. The molecule has 0 unspecified atom stereocenters. The quantitative estimate of drug-likeness (QED) is 0.793. The Morgan fingerprint density at radius 2 is 2.20 bits per heavy atom. The second-order valence-corrected chi connectivity index (χ2v) is 3.68. The van der Waals surface area contributed by atoms with Gasteiger partial charge in [-0.05, 0) is 31.2 Å². The normalized spacial score (nSPS) is 10.5. The number of anilines is 1. The summed E-state index contributed by atoms with van der Waals surface area (Å²) in [5.74, 6) is 0. The van der Waals surface area contributed by atoms with Crippen LogP contribution in [0.2, 0.25) is 5.02 Å². The SMILES string of the molecule is CCn1nccc1-c1ccc(N)cc1Cl. The molecule has 0 atom stereocenters. The third-order valence-corrected chi connectivity index (χ3v) is 2.60. The maximum Gasteiger partial charge on any atom is 0.0697 e. The standard InChI is InChI=1S/C11H12ClN3/c1-2-15-11(5-6-14-15)9-4-3-8(13)7-10(9)12/h3-7H,2,13H2,1H3. The molecule has 0 saturated heterocycles. The van der Waals surface area contributed by atoms with Crippen LogP contribution in [0.15, 0.2) is 30.5 Å². The monoisotopic (exact) mass is 221 g/mol. The first-order chi connectivity index (χ1) is 7.22. The van der Waals surface area contributed by atoms with Crippen LogP contribution in [-0.2, 0) is 6.54 Å². The molecule has 4 heteroatoms. The van der Waals surface area contributed by atoms with E-state index in [1.165, 1.54) is 0 Å². The molecule has 0 amide bonds. The van der Waals surface area contributed by atoms with E-state index in [4.69, 9.17) is 17.3 Å². The summed E-state index contributed by atoms with van der Waals surface area (Å²) < 4.78 is 1.90. The molecule has 0 saturated carbocycles. The molecule has 0 aliphatic carbocycles. The first-order valence-electron chi connectivity index (χ1n) is 4.79. The van der Waals surface area contributed by atoms with Crippen molar-refractivity contribution < 1.29 is 0 Å². The van der Waals surface area contributed by atoms with E-state index in [-0.39, 0.29) is 0 Å². The third kappa shape index (κ3) is 1.83. The molecule has 1 aromatic carbocycles. The van der Waals surface area contributed by atoms with Crippen LogP contribution in [0.4, 0.5) is 5.69 Å². The van der Waals surface area contributed by atoms with E-state index < -0.39 is 0 Å². The fraction of sp³-hybridized carbons (Fsp3) is 0.182.